The number of benzene rings is 2. The average molecular weight is 550 g/mol. The molecule has 2 saturated carbocycles. The molecule has 0 aromatic heterocycles. The second kappa shape index (κ2) is 11.8. The van der Waals surface area contributed by atoms with Gasteiger partial charge in [-0.15, -0.1) is 0 Å². The van der Waals surface area contributed by atoms with Crippen LogP contribution in [0.5, 0.6) is 5.75 Å². The van der Waals surface area contributed by atoms with Crippen LogP contribution >= 0.6 is 0 Å². The van der Waals surface area contributed by atoms with Crippen molar-refractivity contribution in [1.29, 1.82) is 0 Å². The lowest BCUT2D eigenvalue weighted by Gasteiger charge is -2.46. The number of ketones is 1. The molecular formula is C34H47NO5. The van der Waals surface area contributed by atoms with Gasteiger partial charge in [-0.25, -0.2) is 0 Å². The predicted octanol–water partition coefficient (Wildman–Crippen LogP) is 5.63. The van der Waals surface area contributed by atoms with Crippen molar-refractivity contribution >= 4 is 5.78 Å². The van der Waals surface area contributed by atoms with Gasteiger partial charge in [0.2, 0.25) is 0 Å². The van der Waals surface area contributed by atoms with E-state index in [1.54, 1.807) is 12.1 Å². The number of aliphatic hydroxyl groups is 2. The summed E-state index contributed by atoms with van der Waals surface area (Å²) in [7, 11) is 1.44. The number of Topliss-reactive ketones (excluding diaryl/α,β-unsaturated/α-hetero) is 1. The molecule has 0 aliphatic heterocycles. The van der Waals surface area contributed by atoms with E-state index in [1.165, 1.54) is 13.5 Å². The zero-order chi connectivity index (χ0) is 29.3. The minimum atomic E-state index is -1.68. The molecule has 0 radical (unpaired) electrons. The minimum Gasteiger partial charge on any atom is -0.508 e. The molecule has 2 aromatic rings. The second-order valence-corrected chi connectivity index (χ2v) is 12.8. The summed E-state index contributed by atoms with van der Waals surface area (Å²) in [5.41, 5.74) is 2.88. The number of aryl methyl sites for hydroxylation is 1. The first-order valence-electron chi connectivity index (χ1n) is 14.6. The maximum atomic E-state index is 14.0. The predicted molar refractivity (Wildman–Crippen MR) is 159 cm³/mol. The largest absolute Gasteiger partial charge is 0.508 e. The lowest BCUT2D eigenvalue weighted by atomic mass is 9.58. The normalized spacial score (nSPS) is 27.1. The maximum Gasteiger partial charge on any atom is 0.185 e. The van der Waals surface area contributed by atoms with Gasteiger partial charge in [-0.2, -0.15) is 0 Å². The molecule has 4 rings (SSSR count). The van der Waals surface area contributed by atoms with Gasteiger partial charge in [-0.05, 0) is 84.5 Å². The van der Waals surface area contributed by atoms with E-state index in [4.69, 9.17) is 4.74 Å². The summed E-state index contributed by atoms with van der Waals surface area (Å²) in [5, 5.41) is 35.7. The number of fused-ring (bicyclic) bond motifs is 2. The number of methoxy groups -OCH3 is 1. The van der Waals surface area contributed by atoms with Gasteiger partial charge in [0, 0.05) is 38.0 Å². The summed E-state index contributed by atoms with van der Waals surface area (Å²) in [6.45, 7) is 14.1. The van der Waals surface area contributed by atoms with Gasteiger partial charge < -0.3 is 25.4 Å². The second-order valence-electron chi connectivity index (χ2n) is 12.8. The molecule has 4 N–H and O–H groups in total. The number of carbonyl (C=O) groups is 1. The third kappa shape index (κ3) is 5.16. The summed E-state index contributed by atoms with van der Waals surface area (Å²) in [5.74, 6) is -1.56. The van der Waals surface area contributed by atoms with Gasteiger partial charge >= 0.3 is 0 Å². The number of phenolic OH excluding ortho intramolecular Hbond substituents is 1. The van der Waals surface area contributed by atoms with Gasteiger partial charge in [-0.3, -0.25) is 4.79 Å². The Morgan fingerprint density at radius 2 is 1.88 bits per heavy atom. The zero-order valence-corrected chi connectivity index (χ0v) is 24.8. The van der Waals surface area contributed by atoms with Crippen molar-refractivity contribution in [2.45, 2.75) is 72.1 Å². The number of aliphatic hydroxyl groups excluding tert-OH is 1. The molecule has 6 heteroatoms. The van der Waals surface area contributed by atoms with Crippen molar-refractivity contribution in [3.05, 3.63) is 65.7 Å². The van der Waals surface area contributed by atoms with E-state index in [0.717, 1.165) is 40.8 Å². The van der Waals surface area contributed by atoms with E-state index in [2.05, 4.69) is 37.9 Å². The minimum absolute atomic E-state index is 0.0602. The first-order chi connectivity index (χ1) is 18.9. The number of rotatable bonds is 13. The Hall–Kier alpha value is -2.51. The van der Waals surface area contributed by atoms with Crippen LogP contribution in [0, 0.1) is 28.6 Å². The highest BCUT2D eigenvalue weighted by Crippen LogP contribution is 2.73. The zero-order valence-electron chi connectivity index (χ0n) is 24.8. The summed E-state index contributed by atoms with van der Waals surface area (Å²) in [6.07, 6.45) is 3.44. The van der Waals surface area contributed by atoms with E-state index < -0.39 is 22.5 Å². The highest BCUT2D eigenvalue weighted by Gasteiger charge is 2.79. The van der Waals surface area contributed by atoms with Gasteiger partial charge in [0.25, 0.3) is 0 Å². The fourth-order valence-electron chi connectivity index (χ4n) is 7.45. The lowest BCUT2D eigenvalue weighted by Crippen LogP contribution is -2.55. The Bertz CT molecular complexity index is 1240. The van der Waals surface area contributed by atoms with Crippen molar-refractivity contribution < 1.29 is 24.9 Å². The number of ether oxygens (including phenoxy) is 1. The van der Waals surface area contributed by atoms with Crippen LogP contribution in [0.4, 0.5) is 0 Å². The van der Waals surface area contributed by atoms with Crippen molar-refractivity contribution in [2.24, 2.45) is 28.6 Å². The molecule has 0 saturated heterocycles. The first-order valence-corrected chi connectivity index (χ1v) is 14.6. The van der Waals surface area contributed by atoms with Crippen LogP contribution in [0.3, 0.4) is 0 Å². The van der Waals surface area contributed by atoms with E-state index in [1.807, 2.05) is 32.0 Å². The van der Waals surface area contributed by atoms with Crippen molar-refractivity contribution in [1.82, 2.24) is 5.32 Å². The van der Waals surface area contributed by atoms with Crippen LogP contribution in [0.1, 0.15) is 64.5 Å². The molecule has 2 aromatic carbocycles. The lowest BCUT2D eigenvalue weighted by molar-refractivity contribution is -0.253. The van der Waals surface area contributed by atoms with Crippen LogP contribution in [-0.4, -0.2) is 47.2 Å². The number of hydrogen-bond donors (Lipinski definition) is 4. The maximum absolute atomic E-state index is 14.0. The third-order valence-electron chi connectivity index (χ3n) is 9.68. The Balaban J connectivity index is 1.49. The number of carbonyl (C=O) groups excluding carboxylic acids is 1. The average Bonchev–Trinajstić information content (AvgIpc) is 3.26. The molecule has 2 aliphatic carbocycles. The van der Waals surface area contributed by atoms with Gasteiger partial charge in [0.05, 0.1) is 5.41 Å². The molecule has 6 nitrogen and oxygen atoms in total. The summed E-state index contributed by atoms with van der Waals surface area (Å²) < 4.78 is 5.69. The molecule has 2 aliphatic rings. The van der Waals surface area contributed by atoms with Crippen molar-refractivity contribution in [2.75, 3.05) is 20.3 Å². The molecule has 2 fully saturated rings. The number of aromatic hydroxyl groups is 1. The molecule has 4 unspecified atom stereocenters. The highest BCUT2D eigenvalue weighted by molar-refractivity contribution is 5.89. The molecule has 40 heavy (non-hydrogen) atoms. The van der Waals surface area contributed by atoms with E-state index in [9.17, 15) is 20.1 Å². The molecule has 0 spiro atoms. The fraction of sp³-hybridized carbons (Fsp3) is 0.559. The SMILES string of the molecule is C=C1C2C(CO)CC(C(=O)CCc3cccc(-c4cc(O)cc(CNCCCC(C)C)c4)c3)(C1(C)C)C2(O)OC. The molecule has 4 atom stereocenters. The Morgan fingerprint density at radius 1 is 1.15 bits per heavy atom. The van der Waals surface area contributed by atoms with Crippen LogP contribution in [0.2, 0.25) is 0 Å². The molecular weight excluding hydrogens is 502 g/mol. The molecule has 0 amide bonds. The van der Waals surface area contributed by atoms with Crippen molar-refractivity contribution in [3.63, 3.8) is 0 Å². The first kappa shape index (κ1) is 30.4. The smallest absolute Gasteiger partial charge is 0.185 e. The Morgan fingerprint density at radius 3 is 2.55 bits per heavy atom. The summed E-state index contributed by atoms with van der Waals surface area (Å²) >= 11 is 0. The standard InChI is InChI=1S/C34H47NO5/c1-22(2)9-8-14-35-20-25-16-27(18-29(37)17-25)26-11-7-10-24(15-26)12-13-30(38)33-19-28(21-36)31(34(33,39)40-6)23(3)32(33,4)5/h7,10-11,15-18,22,28,31,35-37,39H,3,8-9,12-14,19-21H2,1-2,4-6H3. The van der Waals surface area contributed by atoms with Gasteiger partial charge in [-0.1, -0.05) is 64.1 Å². The summed E-state index contributed by atoms with van der Waals surface area (Å²) in [6, 6.07) is 13.7. The highest BCUT2D eigenvalue weighted by atomic mass is 16.6. The van der Waals surface area contributed by atoms with Crippen LogP contribution < -0.4 is 5.32 Å². The van der Waals surface area contributed by atoms with Crippen LogP contribution in [-0.2, 0) is 22.5 Å². The molecule has 0 heterocycles. The van der Waals surface area contributed by atoms with E-state index in [0.29, 0.717) is 25.3 Å². The molecule has 2 bridgehead atoms. The fourth-order valence-corrected chi connectivity index (χ4v) is 7.45. The van der Waals surface area contributed by atoms with Crippen LogP contribution in [0.25, 0.3) is 11.1 Å². The Labute approximate surface area is 239 Å². The van der Waals surface area contributed by atoms with Crippen LogP contribution in [0.15, 0.2) is 54.6 Å². The quantitative estimate of drug-likeness (QED) is 0.147. The number of phenols is 1. The van der Waals surface area contributed by atoms with E-state index >= 15 is 0 Å². The van der Waals surface area contributed by atoms with E-state index in [-0.39, 0.29) is 30.5 Å². The molecule has 218 valence electrons. The third-order valence-corrected chi connectivity index (χ3v) is 9.68. The Kier molecular flexibility index (Phi) is 8.96. The topological polar surface area (TPSA) is 99.0 Å². The summed E-state index contributed by atoms with van der Waals surface area (Å²) in [4.78, 5) is 14.0. The number of nitrogens with one attached hydrogen (secondary N) is 1. The van der Waals surface area contributed by atoms with Crippen molar-refractivity contribution in [3.8, 4) is 16.9 Å². The van der Waals surface area contributed by atoms with Gasteiger partial charge in [0.1, 0.15) is 11.5 Å². The monoisotopic (exact) mass is 549 g/mol. The van der Waals surface area contributed by atoms with Gasteiger partial charge in [0.15, 0.2) is 5.79 Å². The number of hydrogen-bond acceptors (Lipinski definition) is 6.